The maximum absolute atomic E-state index is 11.8. The Morgan fingerprint density at radius 2 is 1.86 bits per heavy atom. The minimum atomic E-state index is -1.01. The van der Waals surface area contributed by atoms with Crippen LogP contribution >= 0.6 is 0 Å². The van der Waals surface area contributed by atoms with Crippen LogP contribution < -0.4 is 5.32 Å². The van der Waals surface area contributed by atoms with Crippen LogP contribution in [0.3, 0.4) is 0 Å². The van der Waals surface area contributed by atoms with Gasteiger partial charge in [-0.1, -0.05) is 51.1 Å². The fourth-order valence-electron chi connectivity index (χ4n) is 1.91. The molecule has 0 fully saturated rings. The van der Waals surface area contributed by atoms with Crippen molar-refractivity contribution >= 4 is 11.9 Å². The predicted octanol–water partition coefficient (Wildman–Crippen LogP) is 2.60. The minimum Gasteiger partial charge on any atom is -0.480 e. The van der Waals surface area contributed by atoms with Gasteiger partial charge in [0.2, 0.25) is 5.91 Å². The molecule has 122 valence electrons. The average molecular weight is 307 g/mol. The molecule has 5 nitrogen and oxygen atoms in total. The Kier molecular flexibility index (Phi) is 7.05. The molecule has 0 aliphatic rings. The maximum atomic E-state index is 11.8. The number of nitrogens with one attached hydrogen (secondary N) is 1. The molecule has 0 aliphatic heterocycles. The van der Waals surface area contributed by atoms with Gasteiger partial charge in [0.05, 0.1) is 6.61 Å². The van der Waals surface area contributed by atoms with Crippen LogP contribution in [0.5, 0.6) is 0 Å². The van der Waals surface area contributed by atoms with Gasteiger partial charge in [-0.05, 0) is 23.8 Å². The van der Waals surface area contributed by atoms with Gasteiger partial charge in [0.25, 0.3) is 0 Å². The molecule has 0 aliphatic carbocycles. The summed E-state index contributed by atoms with van der Waals surface area (Å²) in [6, 6.07) is 8.63. The van der Waals surface area contributed by atoms with E-state index in [-0.39, 0.29) is 12.0 Å². The molecule has 0 heterocycles. The van der Waals surface area contributed by atoms with E-state index >= 15 is 0 Å². The summed E-state index contributed by atoms with van der Waals surface area (Å²) < 4.78 is 5.30. The lowest BCUT2D eigenvalue weighted by molar-refractivity contribution is -0.143. The maximum Gasteiger partial charge on any atom is 0.326 e. The number of aliphatic carboxylic acids is 1. The topological polar surface area (TPSA) is 75.6 Å². The van der Waals surface area contributed by atoms with Crippen LogP contribution in [0.15, 0.2) is 30.3 Å². The summed E-state index contributed by atoms with van der Waals surface area (Å²) in [7, 11) is 0. The van der Waals surface area contributed by atoms with Gasteiger partial charge in [-0.15, -0.1) is 0 Å². The predicted molar refractivity (Wildman–Crippen MR) is 84.4 cm³/mol. The van der Waals surface area contributed by atoms with Crippen LogP contribution in [-0.4, -0.2) is 29.6 Å². The van der Waals surface area contributed by atoms with Crippen molar-refractivity contribution in [2.45, 2.75) is 46.3 Å². The molecular formula is C17H25NO4. The van der Waals surface area contributed by atoms with Gasteiger partial charge < -0.3 is 15.2 Å². The van der Waals surface area contributed by atoms with E-state index in [1.165, 1.54) is 0 Å². The van der Waals surface area contributed by atoms with E-state index in [1.807, 2.05) is 51.1 Å². The molecule has 1 rings (SSSR count). The van der Waals surface area contributed by atoms with Crippen LogP contribution in [0.25, 0.3) is 0 Å². The monoisotopic (exact) mass is 307 g/mol. The van der Waals surface area contributed by atoms with Gasteiger partial charge in [-0.25, -0.2) is 4.79 Å². The fourth-order valence-corrected chi connectivity index (χ4v) is 1.91. The Balaban J connectivity index is 2.35. The molecule has 2 N–H and O–H groups in total. The number of benzene rings is 1. The Labute approximate surface area is 131 Å². The highest BCUT2D eigenvalue weighted by molar-refractivity contribution is 5.84. The number of hydrogen-bond acceptors (Lipinski definition) is 3. The molecule has 0 spiro atoms. The van der Waals surface area contributed by atoms with Crippen molar-refractivity contribution in [3.63, 3.8) is 0 Å². The van der Waals surface area contributed by atoms with Crippen LogP contribution in [0.1, 0.15) is 39.2 Å². The number of ether oxygens (including phenoxy) is 1. The van der Waals surface area contributed by atoms with Crippen molar-refractivity contribution in [2.75, 3.05) is 6.61 Å². The third-order valence-corrected chi connectivity index (χ3v) is 3.16. The van der Waals surface area contributed by atoms with Crippen molar-refractivity contribution in [1.29, 1.82) is 0 Å². The first-order chi connectivity index (χ1) is 10.3. The second-order valence-corrected chi connectivity index (χ2v) is 6.54. The molecule has 1 atom stereocenters. The molecule has 0 radical (unpaired) electrons. The zero-order valence-electron chi connectivity index (χ0n) is 13.5. The molecule has 1 unspecified atom stereocenters. The summed E-state index contributed by atoms with van der Waals surface area (Å²) in [6.07, 6.45) is 1.12. The summed E-state index contributed by atoms with van der Waals surface area (Å²) in [5.41, 5.74) is 1.00. The Bertz CT molecular complexity index is 479. The van der Waals surface area contributed by atoms with Crippen molar-refractivity contribution in [1.82, 2.24) is 5.32 Å². The number of amides is 1. The second-order valence-electron chi connectivity index (χ2n) is 6.54. The van der Waals surface area contributed by atoms with Gasteiger partial charge in [0.15, 0.2) is 0 Å². The molecule has 1 amide bonds. The third kappa shape index (κ3) is 7.78. The van der Waals surface area contributed by atoms with Crippen molar-refractivity contribution in [3.8, 4) is 0 Å². The molecule has 5 heteroatoms. The molecule has 22 heavy (non-hydrogen) atoms. The molecule has 0 aromatic heterocycles. The van der Waals surface area contributed by atoms with Gasteiger partial charge in [0, 0.05) is 0 Å². The smallest absolute Gasteiger partial charge is 0.326 e. The van der Waals surface area contributed by atoms with E-state index in [0.29, 0.717) is 13.0 Å². The summed E-state index contributed by atoms with van der Waals surface area (Å²) in [5.74, 6) is -1.42. The van der Waals surface area contributed by atoms with Gasteiger partial charge in [-0.2, -0.15) is 0 Å². The molecule has 1 aromatic carbocycles. The van der Waals surface area contributed by atoms with Crippen LogP contribution in [0.2, 0.25) is 0 Å². The van der Waals surface area contributed by atoms with E-state index in [4.69, 9.17) is 9.84 Å². The Morgan fingerprint density at radius 1 is 1.23 bits per heavy atom. The molecule has 1 aromatic rings. The summed E-state index contributed by atoms with van der Waals surface area (Å²) in [5, 5.41) is 11.7. The number of carbonyl (C=O) groups excluding carboxylic acids is 1. The Morgan fingerprint density at radius 3 is 2.41 bits per heavy atom. The average Bonchev–Trinajstić information content (AvgIpc) is 2.43. The van der Waals surface area contributed by atoms with Crippen molar-refractivity contribution in [3.05, 3.63) is 35.9 Å². The van der Waals surface area contributed by atoms with Gasteiger partial charge >= 0.3 is 5.97 Å². The van der Waals surface area contributed by atoms with E-state index in [0.717, 1.165) is 12.0 Å². The molecule has 0 saturated heterocycles. The van der Waals surface area contributed by atoms with Crippen LogP contribution in [0, 0.1) is 5.41 Å². The number of carboxylic acid groups (broad SMARTS) is 1. The summed E-state index contributed by atoms with van der Waals surface area (Å²) >= 11 is 0. The highest BCUT2D eigenvalue weighted by atomic mass is 16.5. The molecule has 0 saturated carbocycles. The molecular weight excluding hydrogens is 282 g/mol. The van der Waals surface area contributed by atoms with E-state index in [9.17, 15) is 9.59 Å². The first-order valence-corrected chi connectivity index (χ1v) is 7.42. The lowest BCUT2D eigenvalue weighted by atomic mass is 9.88. The SMILES string of the molecule is CC(C)(C)CCC(NC(=O)COCc1ccccc1)C(=O)O. The van der Waals surface area contributed by atoms with E-state index < -0.39 is 17.9 Å². The lowest BCUT2D eigenvalue weighted by Crippen LogP contribution is -2.42. The van der Waals surface area contributed by atoms with Crippen LogP contribution in [-0.2, 0) is 20.9 Å². The quantitative estimate of drug-likeness (QED) is 0.774. The summed E-state index contributed by atoms with van der Waals surface area (Å²) in [4.78, 5) is 23.0. The highest BCUT2D eigenvalue weighted by Gasteiger charge is 2.22. The zero-order chi connectivity index (χ0) is 16.6. The zero-order valence-corrected chi connectivity index (χ0v) is 13.5. The molecule has 0 bridgehead atoms. The number of hydrogen-bond donors (Lipinski definition) is 2. The Hall–Kier alpha value is -1.88. The number of carbonyl (C=O) groups is 2. The fraction of sp³-hybridized carbons (Fsp3) is 0.529. The summed E-state index contributed by atoms with van der Waals surface area (Å²) in [6.45, 7) is 6.30. The lowest BCUT2D eigenvalue weighted by Gasteiger charge is -2.21. The number of carboxylic acids is 1. The van der Waals surface area contributed by atoms with Crippen molar-refractivity contribution in [2.24, 2.45) is 5.41 Å². The van der Waals surface area contributed by atoms with Gasteiger partial charge in [-0.3, -0.25) is 4.79 Å². The largest absolute Gasteiger partial charge is 0.480 e. The van der Waals surface area contributed by atoms with E-state index in [1.54, 1.807) is 0 Å². The number of rotatable bonds is 8. The standard InChI is InChI=1S/C17H25NO4/c1-17(2,3)10-9-14(16(20)21)18-15(19)12-22-11-13-7-5-4-6-8-13/h4-8,14H,9-12H2,1-3H3,(H,18,19)(H,20,21). The van der Waals surface area contributed by atoms with Crippen molar-refractivity contribution < 1.29 is 19.4 Å². The third-order valence-electron chi connectivity index (χ3n) is 3.16. The minimum absolute atomic E-state index is 0.0300. The first kappa shape index (κ1) is 18.2. The first-order valence-electron chi connectivity index (χ1n) is 7.42. The van der Waals surface area contributed by atoms with E-state index in [2.05, 4.69) is 5.32 Å². The second kappa shape index (κ2) is 8.54. The normalized spacial score (nSPS) is 12.7. The van der Waals surface area contributed by atoms with Crippen LogP contribution in [0.4, 0.5) is 0 Å². The highest BCUT2D eigenvalue weighted by Crippen LogP contribution is 2.21. The van der Waals surface area contributed by atoms with Gasteiger partial charge in [0.1, 0.15) is 12.6 Å².